The van der Waals surface area contributed by atoms with Gasteiger partial charge in [-0.25, -0.2) is 9.29 Å². The molecule has 0 unspecified atom stereocenters. The summed E-state index contributed by atoms with van der Waals surface area (Å²) in [5.41, 5.74) is 1.63. The maximum absolute atomic E-state index is 13.4. The molecule has 3 amide bonds. The molecule has 8 nitrogen and oxygen atoms in total. The number of benzene rings is 3. The fourth-order valence-corrected chi connectivity index (χ4v) is 4.00. The Balaban J connectivity index is 1.60. The number of hydrogen-bond acceptors (Lipinski definition) is 6. The van der Waals surface area contributed by atoms with Crippen molar-refractivity contribution in [1.29, 1.82) is 0 Å². The zero-order chi connectivity index (χ0) is 26.9. The number of carbonyl (C=O) groups is 3. The number of methoxy groups -OCH3 is 2. The molecule has 0 saturated carbocycles. The average Bonchev–Trinajstić information content (AvgIpc) is 3.09. The van der Waals surface area contributed by atoms with E-state index < -0.39 is 23.5 Å². The zero-order valence-corrected chi connectivity index (χ0v) is 21.3. The van der Waals surface area contributed by atoms with E-state index >= 15 is 0 Å². The highest BCUT2D eigenvalue weighted by molar-refractivity contribution is 6.53. The van der Waals surface area contributed by atoms with E-state index in [9.17, 15) is 18.8 Å². The molecule has 11 heteroatoms. The lowest BCUT2D eigenvalue weighted by molar-refractivity contribution is -0.120. The van der Waals surface area contributed by atoms with Crippen molar-refractivity contribution in [1.82, 2.24) is 0 Å². The fourth-order valence-electron chi connectivity index (χ4n) is 3.61. The van der Waals surface area contributed by atoms with Crippen LogP contribution < -0.4 is 25.0 Å². The minimum absolute atomic E-state index is 0.131. The SMILES string of the molecule is COc1ccc(N2C(=O)C(Cl)=C(Nc3cc(C(=O)Nc4ccc(F)c(Cl)c4)ccc3C)C2=O)c(OC)c1. The van der Waals surface area contributed by atoms with Crippen LogP contribution in [0.1, 0.15) is 15.9 Å². The Morgan fingerprint density at radius 3 is 2.38 bits per heavy atom. The third kappa shape index (κ3) is 5.09. The van der Waals surface area contributed by atoms with Crippen LogP contribution >= 0.6 is 23.2 Å². The fraction of sp³-hybridized carbons (Fsp3) is 0.115. The van der Waals surface area contributed by atoms with Gasteiger partial charge in [0.05, 0.1) is 24.9 Å². The van der Waals surface area contributed by atoms with E-state index in [-0.39, 0.29) is 32.8 Å². The first kappa shape index (κ1) is 26.0. The Labute approximate surface area is 221 Å². The van der Waals surface area contributed by atoms with E-state index in [0.29, 0.717) is 22.7 Å². The highest BCUT2D eigenvalue weighted by Gasteiger charge is 2.40. The first-order valence-corrected chi connectivity index (χ1v) is 11.5. The summed E-state index contributed by atoms with van der Waals surface area (Å²) in [4.78, 5) is 39.9. The molecule has 37 heavy (non-hydrogen) atoms. The molecule has 0 aliphatic carbocycles. The first-order chi connectivity index (χ1) is 17.6. The van der Waals surface area contributed by atoms with Crippen molar-refractivity contribution in [2.24, 2.45) is 0 Å². The molecule has 1 aliphatic heterocycles. The lowest BCUT2D eigenvalue weighted by Gasteiger charge is -2.19. The number of anilines is 3. The number of ether oxygens (including phenoxy) is 2. The van der Waals surface area contributed by atoms with Gasteiger partial charge in [0.2, 0.25) is 0 Å². The molecule has 0 spiro atoms. The molecule has 0 aromatic heterocycles. The van der Waals surface area contributed by atoms with Crippen LogP contribution in [0.25, 0.3) is 0 Å². The molecule has 0 atom stereocenters. The lowest BCUT2D eigenvalue weighted by atomic mass is 10.1. The predicted molar refractivity (Wildman–Crippen MR) is 139 cm³/mol. The van der Waals surface area contributed by atoms with Gasteiger partial charge in [-0.2, -0.15) is 0 Å². The zero-order valence-electron chi connectivity index (χ0n) is 19.8. The van der Waals surface area contributed by atoms with E-state index in [2.05, 4.69) is 10.6 Å². The Bertz CT molecular complexity index is 1470. The minimum atomic E-state index is -0.739. The Morgan fingerprint density at radius 2 is 1.70 bits per heavy atom. The smallest absolute Gasteiger partial charge is 0.283 e. The number of amides is 3. The number of aryl methyl sites for hydroxylation is 1. The predicted octanol–water partition coefficient (Wildman–Crippen LogP) is 5.49. The molecule has 1 aliphatic rings. The van der Waals surface area contributed by atoms with Gasteiger partial charge in [-0.05, 0) is 55.0 Å². The summed E-state index contributed by atoms with van der Waals surface area (Å²) < 4.78 is 23.9. The van der Waals surface area contributed by atoms with E-state index in [1.165, 1.54) is 44.6 Å². The number of nitrogens with one attached hydrogen (secondary N) is 2. The molecule has 4 rings (SSSR count). The second kappa shape index (κ2) is 10.5. The van der Waals surface area contributed by atoms with Crippen molar-refractivity contribution in [2.75, 3.05) is 29.8 Å². The van der Waals surface area contributed by atoms with Gasteiger partial charge < -0.3 is 20.1 Å². The molecule has 0 radical (unpaired) electrons. The van der Waals surface area contributed by atoms with Gasteiger partial charge in [-0.3, -0.25) is 14.4 Å². The average molecular weight is 544 g/mol. The van der Waals surface area contributed by atoms with Crippen LogP contribution in [0, 0.1) is 12.7 Å². The quantitative estimate of drug-likeness (QED) is 0.382. The number of nitrogens with zero attached hydrogens (tertiary/aromatic N) is 1. The molecular formula is C26H20Cl2FN3O5. The van der Waals surface area contributed by atoms with Gasteiger partial charge >= 0.3 is 0 Å². The van der Waals surface area contributed by atoms with Crippen LogP contribution in [0.15, 0.2) is 65.3 Å². The van der Waals surface area contributed by atoms with Gasteiger partial charge in [0.15, 0.2) is 0 Å². The van der Waals surface area contributed by atoms with E-state index in [1.807, 2.05) is 0 Å². The Hall–Kier alpha value is -4.08. The van der Waals surface area contributed by atoms with Crippen LogP contribution in [-0.4, -0.2) is 31.9 Å². The molecule has 2 N–H and O–H groups in total. The van der Waals surface area contributed by atoms with Crippen molar-refractivity contribution in [3.05, 3.63) is 87.3 Å². The number of halogens is 3. The third-order valence-electron chi connectivity index (χ3n) is 5.59. The second-order valence-corrected chi connectivity index (χ2v) is 8.70. The van der Waals surface area contributed by atoms with Crippen LogP contribution in [-0.2, 0) is 9.59 Å². The third-order valence-corrected chi connectivity index (χ3v) is 6.23. The van der Waals surface area contributed by atoms with Crippen molar-refractivity contribution in [2.45, 2.75) is 6.92 Å². The highest BCUT2D eigenvalue weighted by atomic mass is 35.5. The van der Waals surface area contributed by atoms with Crippen molar-refractivity contribution in [3.8, 4) is 11.5 Å². The van der Waals surface area contributed by atoms with Crippen LogP contribution in [0.2, 0.25) is 5.02 Å². The van der Waals surface area contributed by atoms with Crippen LogP contribution in [0.3, 0.4) is 0 Å². The molecule has 0 saturated heterocycles. The van der Waals surface area contributed by atoms with Gasteiger partial charge in [-0.15, -0.1) is 0 Å². The second-order valence-electron chi connectivity index (χ2n) is 7.91. The number of rotatable bonds is 7. The number of carbonyl (C=O) groups excluding carboxylic acids is 3. The summed E-state index contributed by atoms with van der Waals surface area (Å²) in [5.74, 6) is -1.83. The lowest BCUT2D eigenvalue weighted by Crippen LogP contribution is -2.32. The first-order valence-electron chi connectivity index (χ1n) is 10.8. The van der Waals surface area contributed by atoms with E-state index in [4.69, 9.17) is 32.7 Å². The van der Waals surface area contributed by atoms with Gasteiger partial charge in [0, 0.05) is 23.0 Å². The summed E-state index contributed by atoms with van der Waals surface area (Å²) in [6.07, 6.45) is 0. The van der Waals surface area contributed by atoms with Crippen molar-refractivity contribution in [3.63, 3.8) is 0 Å². The molecule has 0 bridgehead atoms. The largest absolute Gasteiger partial charge is 0.497 e. The summed E-state index contributed by atoms with van der Waals surface area (Å²) in [5, 5.41) is 5.07. The highest BCUT2D eigenvalue weighted by Crippen LogP contribution is 2.38. The Morgan fingerprint density at radius 1 is 0.946 bits per heavy atom. The number of hydrogen-bond donors (Lipinski definition) is 2. The molecular weight excluding hydrogens is 524 g/mol. The normalized spacial score (nSPS) is 13.2. The van der Waals surface area contributed by atoms with Crippen molar-refractivity contribution >= 4 is 58.0 Å². The summed E-state index contributed by atoms with van der Waals surface area (Å²) >= 11 is 12.1. The Kier molecular flexibility index (Phi) is 7.37. The van der Waals surface area contributed by atoms with E-state index in [1.54, 1.807) is 25.1 Å². The van der Waals surface area contributed by atoms with Gasteiger partial charge in [-0.1, -0.05) is 29.3 Å². The standard InChI is InChI=1S/C26H20Cl2FN3O5/c1-13-4-5-14(24(33)30-15-6-8-18(29)17(27)11-15)10-19(13)31-23-22(28)25(34)32(26(23)35)20-9-7-16(36-2)12-21(20)37-3/h4-12,31H,1-3H3,(H,30,33). The monoisotopic (exact) mass is 543 g/mol. The number of imide groups is 1. The topological polar surface area (TPSA) is 97.0 Å². The molecule has 3 aromatic carbocycles. The van der Waals surface area contributed by atoms with Crippen LogP contribution in [0.5, 0.6) is 11.5 Å². The van der Waals surface area contributed by atoms with E-state index in [0.717, 1.165) is 11.0 Å². The molecule has 1 heterocycles. The maximum atomic E-state index is 13.4. The van der Waals surface area contributed by atoms with Gasteiger partial charge in [0.1, 0.15) is 28.0 Å². The molecule has 0 fully saturated rings. The van der Waals surface area contributed by atoms with Crippen molar-refractivity contribution < 1.29 is 28.2 Å². The maximum Gasteiger partial charge on any atom is 0.283 e. The summed E-state index contributed by atoms with van der Waals surface area (Å²) in [6.45, 7) is 1.75. The van der Waals surface area contributed by atoms with Crippen LogP contribution in [0.4, 0.5) is 21.5 Å². The minimum Gasteiger partial charge on any atom is -0.497 e. The summed E-state index contributed by atoms with van der Waals surface area (Å²) in [6, 6.07) is 13.2. The van der Waals surface area contributed by atoms with Gasteiger partial charge in [0.25, 0.3) is 17.7 Å². The summed E-state index contributed by atoms with van der Waals surface area (Å²) in [7, 11) is 2.88. The molecule has 190 valence electrons. The molecule has 3 aromatic rings.